The summed E-state index contributed by atoms with van der Waals surface area (Å²) < 4.78 is 0. The lowest BCUT2D eigenvalue weighted by Crippen LogP contribution is -2.17. The summed E-state index contributed by atoms with van der Waals surface area (Å²) in [5.41, 5.74) is 2.01. The number of nitrogens with zero attached hydrogens (tertiary/aromatic N) is 1. The Morgan fingerprint density at radius 3 is 2.63 bits per heavy atom. The Balaban J connectivity index is 2.22. The predicted octanol–water partition coefficient (Wildman–Crippen LogP) is 3.23. The van der Waals surface area contributed by atoms with Crippen molar-refractivity contribution >= 4 is 11.8 Å². The maximum atomic E-state index is 12.0. The molecule has 0 saturated carbocycles. The van der Waals surface area contributed by atoms with E-state index < -0.39 is 0 Å². The van der Waals surface area contributed by atoms with Crippen molar-refractivity contribution in [2.24, 2.45) is 0 Å². The molecule has 100 valence electrons. The summed E-state index contributed by atoms with van der Waals surface area (Å²) in [6.07, 6.45) is 5.35. The maximum Gasteiger partial charge on any atom is 0.254 e. The van der Waals surface area contributed by atoms with Crippen LogP contribution in [0.4, 0.5) is 0 Å². The van der Waals surface area contributed by atoms with Crippen LogP contribution >= 0.6 is 11.8 Å². The van der Waals surface area contributed by atoms with Gasteiger partial charge in [0.25, 0.3) is 5.56 Å². The van der Waals surface area contributed by atoms with E-state index in [2.05, 4.69) is 29.0 Å². The standard InChI is InChI=1S/C15H18N2OS/c1-3-11(12-7-5-4-6-8-12)9-13-10-16-15(19-2)17-14(13)18/h4-8,10-11H,3,9H2,1-2H3,(H,16,17,18). The molecule has 0 saturated heterocycles. The molecule has 0 amide bonds. The molecule has 1 atom stereocenters. The highest BCUT2D eigenvalue weighted by atomic mass is 32.2. The molecule has 0 bridgehead atoms. The highest BCUT2D eigenvalue weighted by molar-refractivity contribution is 7.98. The first-order valence-electron chi connectivity index (χ1n) is 6.41. The Morgan fingerprint density at radius 1 is 1.32 bits per heavy atom. The van der Waals surface area contributed by atoms with E-state index in [1.165, 1.54) is 17.3 Å². The number of aromatic nitrogens is 2. The van der Waals surface area contributed by atoms with E-state index in [4.69, 9.17) is 0 Å². The fourth-order valence-corrected chi connectivity index (χ4v) is 2.50. The molecule has 0 aliphatic rings. The van der Waals surface area contributed by atoms with Crippen LogP contribution in [0.25, 0.3) is 0 Å². The number of hydrogen-bond donors (Lipinski definition) is 1. The van der Waals surface area contributed by atoms with Crippen molar-refractivity contribution in [3.8, 4) is 0 Å². The monoisotopic (exact) mass is 274 g/mol. The van der Waals surface area contributed by atoms with Gasteiger partial charge in [0.05, 0.1) is 0 Å². The van der Waals surface area contributed by atoms with Gasteiger partial charge in [-0.15, -0.1) is 0 Å². The van der Waals surface area contributed by atoms with E-state index in [0.717, 1.165) is 18.4 Å². The highest BCUT2D eigenvalue weighted by Crippen LogP contribution is 2.22. The van der Waals surface area contributed by atoms with Crippen LogP contribution in [0, 0.1) is 0 Å². The smallest absolute Gasteiger partial charge is 0.254 e. The molecule has 1 aromatic heterocycles. The van der Waals surface area contributed by atoms with Crippen LogP contribution < -0.4 is 5.56 Å². The molecule has 1 aromatic carbocycles. The molecule has 3 nitrogen and oxygen atoms in total. The van der Waals surface area contributed by atoms with Gasteiger partial charge in [-0.05, 0) is 30.6 Å². The number of rotatable bonds is 5. The maximum absolute atomic E-state index is 12.0. The lowest BCUT2D eigenvalue weighted by atomic mass is 9.91. The molecule has 2 aromatic rings. The fourth-order valence-electron chi connectivity index (χ4n) is 2.14. The van der Waals surface area contributed by atoms with Gasteiger partial charge < -0.3 is 4.98 Å². The molecule has 4 heteroatoms. The van der Waals surface area contributed by atoms with Gasteiger partial charge in [-0.25, -0.2) is 4.98 Å². The normalized spacial score (nSPS) is 12.3. The van der Waals surface area contributed by atoms with Crippen molar-refractivity contribution in [2.45, 2.75) is 30.8 Å². The molecule has 0 fully saturated rings. The molecule has 1 unspecified atom stereocenters. The number of aromatic amines is 1. The molecule has 0 spiro atoms. The molecule has 0 aliphatic heterocycles. The lowest BCUT2D eigenvalue weighted by Gasteiger charge is -2.14. The summed E-state index contributed by atoms with van der Waals surface area (Å²) in [6, 6.07) is 10.3. The molecule has 0 radical (unpaired) electrons. The van der Waals surface area contributed by atoms with Crippen molar-refractivity contribution in [3.63, 3.8) is 0 Å². The van der Waals surface area contributed by atoms with E-state index in [1.54, 1.807) is 6.20 Å². The second-order valence-electron chi connectivity index (χ2n) is 4.47. The van der Waals surface area contributed by atoms with Crippen molar-refractivity contribution in [1.82, 2.24) is 9.97 Å². The van der Waals surface area contributed by atoms with Crippen LogP contribution in [0.5, 0.6) is 0 Å². The zero-order chi connectivity index (χ0) is 13.7. The van der Waals surface area contributed by atoms with Gasteiger partial charge >= 0.3 is 0 Å². The third kappa shape index (κ3) is 3.47. The highest BCUT2D eigenvalue weighted by Gasteiger charge is 2.12. The van der Waals surface area contributed by atoms with E-state index in [0.29, 0.717) is 11.1 Å². The van der Waals surface area contributed by atoms with Gasteiger partial charge in [-0.3, -0.25) is 4.79 Å². The summed E-state index contributed by atoms with van der Waals surface area (Å²) in [6.45, 7) is 2.15. The first-order valence-corrected chi connectivity index (χ1v) is 7.64. The minimum Gasteiger partial charge on any atom is -0.301 e. The van der Waals surface area contributed by atoms with Crippen LogP contribution in [-0.2, 0) is 6.42 Å². The van der Waals surface area contributed by atoms with E-state index in [9.17, 15) is 4.79 Å². The summed E-state index contributed by atoms with van der Waals surface area (Å²) >= 11 is 1.45. The predicted molar refractivity (Wildman–Crippen MR) is 79.8 cm³/mol. The van der Waals surface area contributed by atoms with E-state index in [-0.39, 0.29) is 5.56 Å². The van der Waals surface area contributed by atoms with Crippen molar-refractivity contribution in [1.29, 1.82) is 0 Å². The minimum atomic E-state index is -0.0197. The van der Waals surface area contributed by atoms with Crippen LogP contribution in [0.1, 0.15) is 30.4 Å². The molecular formula is C15H18N2OS. The number of H-pyrrole nitrogens is 1. The van der Waals surface area contributed by atoms with Gasteiger partial charge in [0.2, 0.25) is 0 Å². The zero-order valence-corrected chi connectivity index (χ0v) is 12.0. The molecular weight excluding hydrogens is 256 g/mol. The average Bonchev–Trinajstić information content (AvgIpc) is 2.47. The van der Waals surface area contributed by atoms with Gasteiger partial charge in [-0.1, -0.05) is 49.0 Å². The number of nitrogens with one attached hydrogen (secondary N) is 1. The van der Waals surface area contributed by atoms with Crippen LogP contribution in [-0.4, -0.2) is 16.2 Å². The van der Waals surface area contributed by atoms with E-state index >= 15 is 0 Å². The second kappa shape index (κ2) is 6.57. The topological polar surface area (TPSA) is 45.8 Å². The lowest BCUT2D eigenvalue weighted by molar-refractivity contribution is 0.650. The minimum absolute atomic E-state index is 0.0197. The Kier molecular flexibility index (Phi) is 4.80. The van der Waals surface area contributed by atoms with Crippen molar-refractivity contribution in [2.75, 3.05) is 6.26 Å². The number of thioether (sulfide) groups is 1. The second-order valence-corrected chi connectivity index (χ2v) is 5.26. The van der Waals surface area contributed by atoms with E-state index in [1.807, 2.05) is 24.5 Å². The summed E-state index contributed by atoms with van der Waals surface area (Å²) in [5.74, 6) is 0.365. The van der Waals surface area contributed by atoms with Gasteiger partial charge in [-0.2, -0.15) is 0 Å². The quantitative estimate of drug-likeness (QED) is 0.672. The van der Waals surface area contributed by atoms with Crippen LogP contribution in [0.15, 0.2) is 46.5 Å². The Hall–Kier alpha value is -1.55. The first-order chi connectivity index (χ1) is 9.24. The van der Waals surface area contributed by atoms with Crippen molar-refractivity contribution < 1.29 is 0 Å². The Labute approximate surface area is 117 Å². The molecule has 1 heterocycles. The molecule has 19 heavy (non-hydrogen) atoms. The van der Waals surface area contributed by atoms with Gasteiger partial charge in [0.15, 0.2) is 5.16 Å². The van der Waals surface area contributed by atoms with Gasteiger partial charge in [0.1, 0.15) is 0 Å². The molecule has 0 aliphatic carbocycles. The van der Waals surface area contributed by atoms with Gasteiger partial charge in [0, 0.05) is 11.8 Å². The van der Waals surface area contributed by atoms with Crippen molar-refractivity contribution in [3.05, 3.63) is 58.0 Å². The SMILES string of the molecule is CCC(Cc1cnc(SC)[nH]c1=O)c1ccccc1. The van der Waals surface area contributed by atoms with Crippen LogP contribution in [0.3, 0.4) is 0 Å². The number of benzene rings is 1. The molecule has 1 N–H and O–H groups in total. The summed E-state index contributed by atoms with van der Waals surface area (Å²) in [5, 5.41) is 0.668. The Morgan fingerprint density at radius 2 is 2.05 bits per heavy atom. The fraction of sp³-hybridized carbons (Fsp3) is 0.333. The number of hydrogen-bond acceptors (Lipinski definition) is 3. The third-order valence-electron chi connectivity index (χ3n) is 3.27. The van der Waals surface area contributed by atoms with Crippen LogP contribution in [0.2, 0.25) is 0 Å². The molecule has 2 rings (SSSR count). The first kappa shape index (κ1) is 13.9. The Bertz CT molecular complexity index is 580. The third-order valence-corrected chi connectivity index (χ3v) is 3.87. The summed E-state index contributed by atoms with van der Waals surface area (Å²) in [7, 11) is 0. The average molecular weight is 274 g/mol. The summed E-state index contributed by atoms with van der Waals surface area (Å²) in [4.78, 5) is 19.0. The largest absolute Gasteiger partial charge is 0.301 e. The zero-order valence-electron chi connectivity index (χ0n) is 11.2.